The van der Waals surface area contributed by atoms with E-state index in [-0.39, 0.29) is 12.1 Å². The van der Waals surface area contributed by atoms with Crippen LogP contribution in [-0.4, -0.2) is 78.9 Å². The third kappa shape index (κ3) is 6.83. The Bertz CT molecular complexity index is 1340. The van der Waals surface area contributed by atoms with Crippen LogP contribution in [-0.2, 0) is 11.2 Å². The largest absolute Gasteiger partial charge is 0.379 e. The number of nitrogens with one attached hydrogen (secondary N) is 2. The van der Waals surface area contributed by atoms with Crippen molar-refractivity contribution in [1.82, 2.24) is 14.9 Å². The number of nitrogens with zero attached hydrogens (tertiary/aromatic N) is 5. The van der Waals surface area contributed by atoms with Crippen molar-refractivity contribution in [3.8, 4) is 6.07 Å². The number of primary amides is 1. The third-order valence-corrected chi connectivity index (χ3v) is 7.30. The summed E-state index contributed by atoms with van der Waals surface area (Å²) < 4.78 is 20.7. The summed E-state index contributed by atoms with van der Waals surface area (Å²) in [6.45, 7) is 5.23. The highest BCUT2D eigenvalue weighted by atomic mass is 19.1. The van der Waals surface area contributed by atoms with Crippen LogP contribution in [0.1, 0.15) is 27.9 Å². The Morgan fingerprint density at radius 2 is 1.93 bits per heavy atom. The molecule has 3 aromatic rings. The summed E-state index contributed by atoms with van der Waals surface area (Å²) in [6, 6.07) is 14.8. The summed E-state index contributed by atoms with van der Waals surface area (Å²) in [5, 5.41) is 15.4. The number of hydrogen-bond acceptors (Lipinski definition) is 9. The predicted octanol–water partition coefficient (Wildman–Crippen LogP) is 3.09. The minimum atomic E-state index is -1.22. The Morgan fingerprint density at radius 3 is 2.60 bits per heavy atom. The lowest BCUT2D eigenvalue weighted by atomic mass is 10.0. The van der Waals surface area contributed by atoms with Crippen LogP contribution in [0.25, 0.3) is 0 Å². The van der Waals surface area contributed by atoms with Crippen LogP contribution in [0.4, 0.5) is 27.4 Å². The van der Waals surface area contributed by atoms with Crippen molar-refractivity contribution in [3.63, 3.8) is 0 Å². The monoisotopic (exact) mass is 544 g/mol. The fourth-order valence-electron chi connectivity index (χ4n) is 4.97. The van der Waals surface area contributed by atoms with Crippen molar-refractivity contribution in [1.29, 1.82) is 5.26 Å². The Hall–Kier alpha value is -4.27. The number of rotatable bonds is 9. The number of nitrogens with two attached hydrogens (primary N) is 1. The number of hydrogen-bond donors (Lipinski definition) is 3. The smallest absolute Gasteiger partial charge is 0.252 e. The summed E-state index contributed by atoms with van der Waals surface area (Å²) in [6.07, 6.45) is 3.12. The number of anilines is 4. The molecule has 40 heavy (non-hydrogen) atoms. The zero-order chi connectivity index (χ0) is 27.9. The van der Waals surface area contributed by atoms with Gasteiger partial charge in [0.1, 0.15) is 23.9 Å². The number of morpholine rings is 1. The van der Waals surface area contributed by atoms with E-state index < -0.39 is 18.1 Å². The van der Waals surface area contributed by atoms with Gasteiger partial charge in [0, 0.05) is 50.3 Å². The topological polar surface area (TPSA) is 132 Å². The van der Waals surface area contributed by atoms with Crippen LogP contribution in [0, 0.1) is 11.3 Å². The molecule has 208 valence electrons. The highest BCUT2D eigenvalue weighted by Gasteiger charge is 2.30. The highest BCUT2D eigenvalue weighted by Crippen LogP contribution is 2.27. The van der Waals surface area contributed by atoms with E-state index in [4.69, 9.17) is 15.7 Å². The number of alkyl halides is 1. The molecule has 11 heteroatoms. The van der Waals surface area contributed by atoms with E-state index >= 15 is 4.39 Å². The molecule has 1 amide bonds. The average Bonchev–Trinajstić information content (AvgIpc) is 2.98. The van der Waals surface area contributed by atoms with Gasteiger partial charge in [0.25, 0.3) is 5.91 Å². The van der Waals surface area contributed by atoms with Gasteiger partial charge in [-0.15, -0.1) is 0 Å². The number of pyridine rings is 2. The SMILES string of the molecule is N#Cc1ccc(N2CC[C@@H](Nc3cc(Nc4ccc(CCN5CCOCC5)cc4)ncc3C(N)=O)[C@@H](F)C2)nc1. The molecule has 1 aromatic carbocycles. The molecule has 10 nitrogen and oxygen atoms in total. The summed E-state index contributed by atoms with van der Waals surface area (Å²) in [5.41, 5.74) is 8.78. The van der Waals surface area contributed by atoms with Crippen LogP contribution >= 0.6 is 0 Å². The summed E-state index contributed by atoms with van der Waals surface area (Å²) in [5.74, 6) is 0.504. The molecular formula is C29H33FN8O2. The van der Waals surface area contributed by atoms with Gasteiger partial charge in [-0.2, -0.15) is 5.26 Å². The molecule has 2 aromatic heterocycles. The normalized spacial score (nSPS) is 19.6. The minimum Gasteiger partial charge on any atom is -0.379 e. The fourth-order valence-corrected chi connectivity index (χ4v) is 4.97. The molecule has 2 atom stereocenters. The number of benzene rings is 1. The van der Waals surface area contributed by atoms with Gasteiger partial charge in [-0.3, -0.25) is 9.69 Å². The molecule has 0 unspecified atom stereocenters. The lowest BCUT2D eigenvalue weighted by molar-refractivity contribution is 0.0384. The van der Waals surface area contributed by atoms with Crippen molar-refractivity contribution in [2.24, 2.45) is 5.73 Å². The highest BCUT2D eigenvalue weighted by molar-refractivity contribution is 5.98. The van der Waals surface area contributed by atoms with Gasteiger partial charge in [-0.1, -0.05) is 12.1 Å². The second-order valence-corrected chi connectivity index (χ2v) is 10.0. The standard InChI is InChI=1S/C29H33FN8O2/c30-24-19-38(28-6-3-21(16-31)17-34-28)10-8-25(24)36-26-15-27(33-18-23(26)29(32)39)35-22-4-1-20(2-5-22)7-9-37-11-13-40-14-12-37/h1-6,15,17-18,24-25H,7-14,19H2,(H2,32,39)(H2,33,35,36)/t24-,25+/m0/s1. The van der Waals surface area contributed by atoms with Crippen molar-refractivity contribution in [2.75, 3.05) is 61.5 Å². The van der Waals surface area contributed by atoms with Crippen molar-refractivity contribution < 1.29 is 13.9 Å². The lowest BCUT2D eigenvalue weighted by Gasteiger charge is -2.36. The number of aromatic nitrogens is 2. The first-order valence-corrected chi connectivity index (χ1v) is 13.5. The molecule has 0 spiro atoms. The van der Waals surface area contributed by atoms with E-state index in [1.807, 2.05) is 23.1 Å². The maximum absolute atomic E-state index is 15.3. The van der Waals surface area contributed by atoms with Gasteiger partial charge >= 0.3 is 0 Å². The molecule has 0 aliphatic carbocycles. The van der Waals surface area contributed by atoms with E-state index in [2.05, 4.69) is 37.6 Å². The van der Waals surface area contributed by atoms with Crippen LogP contribution in [0.15, 0.2) is 54.9 Å². The maximum atomic E-state index is 15.3. The molecule has 0 bridgehead atoms. The number of piperidine rings is 1. The average molecular weight is 545 g/mol. The Kier molecular flexibility index (Phi) is 8.68. The van der Waals surface area contributed by atoms with E-state index in [1.165, 1.54) is 18.0 Å². The molecular weight excluding hydrogens is 511 g/mol. The van der Waals surface area contributed by atoms with E-state index in [1.54, 1.807) is 18.2 Å². The number of ether oxygens (including phenoxy) is 1. The second-order valence-electron chi connectivity index (χ2n) is 10.0. The predicted molar refractivity (Wildman–Crippen MR) is 152 cm³/mol. The molecule has 4 N–H and O–H groups in total. The van der Waals surface area contributed by atoms with Crippen molar-refractivity contribution in [2.45, 2.75) is 25.1 Å². The third-order valence-electron chi connectivity index (χ3n) is 7.30. The molecule has 2 fully saturated rings. The van der Waals surface area contributed by atoms with Gasteiger partial charge in [-0.05, 0) is 42.7 Å². The quantitative estimate of drug-likeness (QED) is 0.372. The molecule has 2 aliphatic heterocycles. The van der Waals surface area contributed by atoms with Gasteiger partial charge in [-0.25, -0.2) is 14.4 Å². The van der Waals surface area contributed by atoms with Gasteiger partial charge in [0.15, 0.2) is 0 Å². The molecule has 5 rings (SSSR count). The first-order valence-electron chi connectivity index (χ1n) is 13.5. The molecule has 2 aliphatic rings. The number of carbonyl (C=O) groups is 1. The molecule has 0 saturated carbocycles. The summed E-state index contributed by atoms with van der Waals surface area (Å²) in [4.78, 5) is 25.0. The molecule has 4 heterocycles. The van der Waals surface area contributed by atoms with Crippen LogP contribution in [0.3, 0.4) is 0 Å². The second kappa shape index (κ2) is 12.7. The Labute approximate surface area is 233 Å². The summed E-state index contributed by atoms with van der Waals surface area (Å²) >= 11 is 0. The number of amides is 1. The van der Waals surface area contributed by atoms with Gasteiger partial charge < -0.3 is 26.0 Å². The van der Waals surface area contributed by atoms with Crippen LogP contribution < -0.4 is 21.3 Å². The van der Waals surface area contributed by atoms with Crippen LogP contribution in [0.5, 0.6) is 0 Å². The van der Waals surface area contributed by atoms with Crippen molar-refractivity contribution in [3.05, 3.63) is 71.5 Å². The van der Waals surface area contributed by atoms with Gasteiger partial charge in [0.05, 0.1) is 42.6 Å². The minimum absolute atomic E-state index is 0.135. The number of carbonyl (C=O) groups excluding carboxylic acids is 1. The molecule has 0 radical (unpaired) electrons. The first-order chi connectivity index (χ1) is 19.5. The number of halogens is 1. The van der Waals surface area contributed by atoms with Crippen LogP contribution in [0.2, 0.25) is 0 Å². The van der Waals surface area contributed by atoms with E-state index in [0.29, 0.717) is 35.9 Å². The Balaban J connectivity index is 1.21. The fraction of sp³-hybridized carbons (Fsp3) is 0.379. The van der Waals surface area contributed by atoms with Crippen molar-refractivity contribution >= 4 is 28.9 Å². The van der Waals surface area contributed by atoms with Gasteiger partial charge in [0.2, 0.25) is 0 Å². The maximum Gasteiger partial charge on any atom is 0.252 e. The zero-order valence-electron chi connectivity index (χ0n) is 22.2. The Morgan fingerprint density at radius 1 is 1.12 bits per heavy atom. The first kappa shape index (κ1) is 27.3. The van der Waals surface area contributed by atoms with E-state index in [9.17, 15) is 4.79 Å². The lowest BCUT2D eigenvalue weighted by Crippen LogP contribution is -2.48. The molecule has 2 saturated heterocycles. The zero-order valence-corrected chi connectivity index (χ0v) is 22.2. The number of nitriles is 1. The summed E-state index contributed by atoms with van der Waals surface area (Å²) in [7, 11) is 0. The van der Waals surface area contributed by atoms with E-state index in [0.717, 1.165) is 45.0 Å².